The van der Waals surface area contributed by atoms with Crippen LogP contribution in [0.3, 0.4) is 0 Å². The number of benzene rings is 1. The molecule has 4 nitrogen and oxygen atoms in total. The molecule has 4 heteroatoms. The number of hydrogen-bond acceptors (Lipinski definition) is 4. The second-order valence-corrected chi connectivity index (χ2v) is 4.69. The lowest BCUT2D eigenvalue weighted by Gasteiger charge is -2.14. The molecule has 0 radical (unpaired) electrons. The van der Waals surface area contributed by atoms with Crippen molar-refractivity contribution in [3.8, 4) is 11.6 Å². The molecule has 0 fully saturated rings. The second kappa shape index (κ2) is 6.91. The topological polar surface area (TPSA) is 57.4 Å². The summed E-state index contributed by atoms with van der Waals surface area (Å²) in [5.74, 6) is 1.50. The molecule has 0 spiro atoms. The van der Waals surface area contributed by atoms with E-state index in [9.17, 15) is 0 Å². The third kappa shape index (κ3) is 3.71. The lowest BCUT2D eigenvalue weighted by molar-refractivity contribution is 0.397. The fraction of sp³-hybridized carbons (Fsp3) is 0.312. The van der Waals surface area contributed by atoms with Gasteiger partial charge in [-0.1, -0.05) is 24.3 Å². The number of aromatic nitrogens is 1. The zero-order valence-corrected chi connectivity index (χ0v) is 11.9. The second-order valence-electron chi connectivity index (χ2n) is 4.69. The predicted octanol–water partition coefficient (Wildman–Crippen LogP) is 2.21. The summed E-state index contributed by atoms with van der Waals surface area (Å²) in [6.07, 6.45) is 3.35. The summed E-state index contributed by atoms with van der Waals surface area (Å²) in [5, 5.41) is 0. The Bertz CT molecular complexity index is 540. The van der Waals surface area contributed by atoms with Crippen molar-refractivity contribution < 1.29 is 9.47 Å². The lowest BCUT2D eigenvalue weighted by Crippen LogP contribution is -2.25. The van der Waals surface area contributed by atoms with E-state index in [-0.39, 0.29) is 6.04 Å². The largest absolute Gasteiger partial charge is 0.496 e. The van der Waals surface area contributed by atoms with E-state index in [2.05, 4.69) is 4.98 Å². The van der Waals surface area contributed by atoms with Gasteiger partial charge in [0.05, 0.1) is 14.2 Å². The molecule has 1 aromatic carbocycles. The van der Waals surface area contributed by atoms with Crippen LogP contribution in [0, 0.1) is 0 Å². The maximum Gasteiger partial charge on any atom is 0.212 e. The molecule has 1 unspecified atom stereocenters. The van der Waals surface area contributed by atoms with Gasteiger partial charge in [0.2, 0.25) is 5.88 Å². The molecule has 0 amide bonds. The van der Waals surface area contributed by atoms with Gasteiger partial charge in [-0.15, -0.1) is 0 Å². The highest BCUT2D eigenvalue weighted by molar-refractivity contribution is 5.34. The smallest absolute Gasteiger partial charge is 0.212 e. The minimum Gasteiger partial charge on any atom is -0.496 e. The van der Waals surface area contributed by atoms with Crippen molar-refractivity contribution in [1.29, 1.82) is 0 Å². The Hall–Kier alpha value is -2.07. The number of rotatable bonds is 6. The predicted molar refractivity (Wildman–Crippen MR) is 79.2 cm³/mol. The van der Waals surface area contributed by atoms with E-state index >= 15 is 0 Å². The van der Waals surface area contributed by atoms with Crippen LogP contribution in [0.15, 0.2) is 42.6 Å². The van der Waals surface area contributed by atoms with Crippen molar-refractivity contribution in [3.05, 3.63) is 53.7 Å². The van der Waals surface area contributed by atoms with Crippen LogP contribution in [0.25, 0.3) is 0 Å². The van der Waals surface area contributed by atoms with Gasteiger partial charge in [-0.2, -0.15) is 0 Å². The number of ether oxygens (including phenoxy) is 2. The summed E-state index contributed by atoms with van der Waals surface area (Å²) in [5.41, 5.74) is 8.45. The van der Waals surface area contributed by atoms with Crippen molar-refractivity contribution in [2.75, 3.05) is 14.2 Å². The number of pyridine rings is 1. The zero-order valence-electron chi connectivity index (χ0n) is 11.9. The SMILES string of the molecule is COc1ccc(CC(N)Cc2ccccc2OC)cn1. The van der Waals surface area contributed by atoms with Crippen LogP contribution < -0.4 is 15.2 Å². The highest BCUT2D eigenvalue weighted by Crippen LogP contribution is 2.19. The highest BCUT2D eigenvalue weighted by Gasteiger charge is 2.09. The molecule has 0 saturated heterocycles. The summed E-state index contributed by atoms with van der Waals surface area (Å²) in [6.45, 7) is 0. The van der Waals surface area contributed by atoms with Gasteiger partial charge in [-0.3, -0.25) is 0 Å². The first kappa shape index (κ1) is 14.3. The molecule has 1 aromatic heterocycles. The Kier molecular flexibility index (Phi) is 4.96. The highest BCUT2D eigenvalue weighted by atomic mass is 16.5. The maximum absolute atomic E-state index is 6.22. The van der Waals surface area contributed by atoms with Crippen LogP contribution >= 0.6 is 0 Å². The van der Waals surface area contributed by atoms with Gasteiger partial charge in [-0.25, -0.2) is 4.98 Å². The molecule has 0 aliphatic carbocycles. The monoisotopic (exact) mass is 272 g/mol. The minimum atomic E-state index is 0.0292. The van der Waals surface area contributed by atoms with Gasteiger partial charge in [0.25, 0.3) is 0 Å². The number of nitrogens with two attached hydrogens (primary N) is 1. The van der Waals surface area contributed by atoms with Crippen LogP contribution in [-0.4, -0.2) is 25.2 Å². The number of hydrogen-bond donors (Lipinski definition) is 1. The molecule has 0 aliphatic heterocycles. The fourth-order valence-corrected chi connectivity index (χ4v) is 2.18. The minimum absolute atomic E-state index is 0.0292. The molecule has 2 N–H and O–H groups in total. The summed E-state index contributed by atoms with van der Waals surface area (Å²) >= 11 is 0. The Morgan fingerprint density at radius 3 is 2.50 bits per heavy atom. The molecule has 2 aromatic rings. The van der Waals surface area contributed by atoms with E-state index in [0.717, 1.165) is 29.7 Å². The van der Waals surface area contributed by atoms with E-state index in [1.807, 2.05) is 36.4 Å². The summed E-state index contributed by atoms with van der Waals surface area (Å²) in [7, 11) is 3.28. The van der Waals surface area contributed by atoms with Crippen molar-refractivity contribution in [2.24, 2.45) is 5.73 Å². The van der Waals surface area contributed by atoms with Gasteiger partial charge in [0.1, 0.15) is 5.75 Å². The maximum atomic E-state index is 6.22. The normalized spacial score (nSPS) is 11.9. The Balaban J connectivity index is 1.99. The van der Waals surface area contributed by atoms with Crippen molar-refractivity contribution >= 4 is 0 Å². The van der Waals surface area contributed by atoms with Gasteiger partial charge < -0.3 is 15.2 Å². The fourth-order valence-electron chi connectivity index (χ4n) is 2.18. The average molecular weight is 272 g/mol. The van der Waals surface area contributed by atoms with E-state index in [4.69, 9.17) is 15.2 Å². The third-order valence-corrected chi connectivity index (χ3v) is 3.18. The quantitative estimate of drug-likeness (QED) is 0.876. The molecule has 0 bridgehead atoms. The Morgan fingerprint density at radius 2 is 1.85 bits per heavy atom. The zero-order chi connectivity index (χ0) is 14.4. The average Bonchev–Trinajstić information content (AvgIpc) is 2.48. The van der Waals surface area contributed by atoms with Gasteiger partial charge in [0, 0.05) is 18.3 Å². The lowest BCUT2D eigenvalue weighted by atomic mass is 10.00. The molecule has 20 heavy (non-hydrogen) atoms. The number of methoxy groups -OCH3 is 2. The standard InChI is InChI=1S/C16H20N2O2/c1-19-15-6-4-3-5-13(15)10-14(17)9-12-7-8-16(20-2)18-11-12/h3-8,11,14H,9-10,17H2,1-2H3. The summed E-state index contributed by atoms with van der Waals surface area (Å²) in [6, 6.07) is 11.8. The molecule has 1 heterocycles. The van der Waals surface area contributed by atoms with Crippen LogP contribution in [0.4, 0.5) is 0 Å². The first-order valence-corrected chi connectivity index (χ1v) is 6.59. The molecule has 1 atom stereocenters. The van der Waals surface area contributed by atoms with Crippen LogP contribution in [0.1, 0.15) is 11.1 Å². The molecule has 0 saturated carbocycles. The summed E-state index contributed by atoms with van der Waals surface area (Å²) < 4.78 is 10.4. The van der Waals surface area contributed by atoms with E-state index < -0.39 is 0 Å². The first-order chi connectivity index (χ1) is 9.72. The van der Waals surface area contributed by atoms with Crippen LogP contribution in [0.2, 0.25) is 0 Å². The third-order valence-electron chi connectivity index (χ3n) is 3.18. The van der Waals surface area contributed by atoms with Gasteiger partial charge in [0.15, 0.2) is 0 Å². The molecular weight excluding hydrogens is 252 g/mol. The molecule has 0 aliphatic rings. The van der Waals surface area contributed by atoms with Crippen LogP contribution in [0.5, 0.6) is 11.6 Å². The first-order valence-electron chi connectivity index (χ1n) is 6.59. The van der Waals surface area contributed by atoms with Gasteiger partial charge >= 0.3 is 0 Å². The Labute approximate surface area is 119 Å². The number of para-hydroxylation sites is 1. The van der Waals surface area contributed by atoms with Crippen LogP contribution in [-0.2, 0) is 12.8 Å². The Morgan fingerprint density at radius 1 is 1.05 bits per heavy atom. The van der Waals surface area contributed by atoms with Gasteiger partial charge in [-0.05, 0) is 30.0 Å². The summed E-state index contributed by atoms with van der Waals surface area (Å²) in [4.78, 5) is 4.19. The molecular formula is C16H20N2O2. The van der Waals surface area contributed by atoms with E-state index in [0.29, 0.717) is 5.88 Å². The van der Waals surface area contributed by atoms with E-state index in [1.165, 1.54) is 0 Å². The molecule has 2 rings (SSSR count). The molecule has 106 valence electrons. The van der Waals surface area contributed by atoms with Crippen molar-refractivity contribution in [1.82, 2.24) is 4.98 Å². The van der Waals surface area contributed by atoms with E-state index in [1.54, 1.807) is 20.4 Å². The van der Waals surface area contributed by atoms with Crippen molar-refractivity contribution in [2.45, 2.75) is 18.9 Å². The number of nitrogens with zero attached hydrogens (tertiary/aromatic N) is 1. The van der Waals surface area contributed by atoms with Crippen molar-refractivity contribution in [3.63, 3.8) is 0 Å².